The van der Waals surface area contributed by atoms with Gasteiger partial charge in [-0.25, -0.2) is 4.98 Å². The largest absolute Gasteiger partial charge is 0.398 e. The average molecular weight is 215 g/mol. The van der Waals surface area contributed by atoms with Crippen LogP contribution >= 0.6 is 0 Å². The van der Waals surface area contributed by atoms with Crippen LogP contribution in [0.2, 0.25) is 0 Å². The molecule has 0 radical (unpaired) electrons. The molecule has 0 aliphatic rings. The first kappa shape index (κ1) is 10.7. The van der Waals surface area contributed by atoms with Gasteiger partial charge in [-0.1, -0.05) is 19.1 Å². The second-order valence-electron chi connectivity index (χ2n) is 4.05. The van der Waals surface area contributed by atoms with E-state index < -0.39 is 0 Å². The van der Waals surface area contributed by atoms with Crippen molar-refractivity contribution in [3.63, 3.8) is 0 Å². The maximum atomic E-state index is 5.99. The van der Waals surface area contributed by atoms with Crippen molar-refractivity contribution >= 4 is 5.69 Å². The number of anilines is 1. The minimum atomic E-state index is 0.774. The van der Waals surface area contributed by atoms with Gasteiger partial charge in [0, 0.05) is 16.9 Å². The van der Waals surface area contributed by atoms with Gasteiger partial charge in [0.15, 0.2) is 0 Å². The molecule has 0 bridgehead atoms. The van der Waals surface area contributed by atoms with Crippen LogP contribution in [0.4, 0.5) is 5.69 Å². The highest BCUT2D eigenvalue weighted by Gasteiger charge is 2.11. The summed E-state index contributed by atoms with van der Waals surface area (Å²) in [4.78, 5) is 7.89. The third-order valence-corrected chi connectivity index (χ3v) is 2.86. The molecule has 0 atom stereocenters. The number of rotatable bonds is 2. The number of hydrogen-bond acceptors (Lipinski definition) is 2. The van der Waals surface area contributed by atoms with Crippen LogP contribution in [0, 0.1) is 13.8 Å². The van der Waals surface area contributed by atoms with Crippen molar-refractivity contribution in [3.8, 4) is 11.4 Å². The molecule has 0 aliphatic carbocycles. The number of nitrogens with zero attached hydrogens (tertiary/aromatic N) is 1. The molecule has 0 saturated carbocycles. The van der Waals surface area contributed by atoms with Crippen molar-refractivity contribution < 1.29 is 0 Å². The number of aromatic nitrogens is 2. The van der Waals surface area contributed by atoms with E-state index in [1.807, 2.05) is 19.1 Å². The molecule has 0 spiro atoms. The Morgan fingerprint density at radius 1 is 1.31 bits per heavy atom. The Hall–Kier alpha value is -1.77. The molecule has 0 fully saturated rings. The van der Waals surface area contributed by atoms with Crippen molar-refractivity contribution in [2.75, 3.05) is 5.73 Å². The third kappa shape index (κ3) is 1.69. The van der Waals surface area contributed by atoms with E-state index in [1.54, 1.807) is 0 Å². The Balaban J connectivity index is 2.58. The first-order chi connectivity index (χ1) is 7.63. The highest BCUT2D eigenvalue weighted by molar-refractivity contribution is 5.75. The molecule has 2 aromatic rings. The maximum absolute atomic E-state index is 5.99. The lowest BCUT2D eigenvalue weighted by Crippen LogP contribution is -1.94. The molecule has 1 heterocycles. The molecule has 0 amide bonds. The summed E-state index contributed by atoms with van der Waals surface area (Å²) in [7, 11) is 0. The minimum Gasteiger partial charge on any atom is -0.398 e. The number of nitrogens with two attached hydrogens (primary N) is 1. The molecule has 0 saturated heterocycles. The van der Waals surface area contributed by atoms with Gasteiger partial charge in [-0.2, -0.15) is 0 Å². The lowest BCUT2D eigenvalue weighted by molar-refractivity contribution is 1.04. The van der Waals surface area contributed by atoms with E-state index in [0.29, 0.717) is 0 Å². The fraction of sp³-hybridized carbons (Fsp3) is 0.308. The van der Waals surface area contributed by atoms with Gasteiger partial charge in [0.1, 0.15) is 5.82 Å². The third-order valence-electron chi connectivity index (χ3n) is 2.86. The van der Waals surface area contributed by atoms with E-state index in [9.17, 15) is 0 Å². The smallest absolute Gasteiger partial charge is 0.140 e. The summed E-state index contributed by atoms with van der Waals surface area (Å²) in [6, 6.07) is 5.92. The first-order valence-corrected chi connectivity index (χ1v) is 5.54. The number of aromatic amines is 1. The predicted molar refractivity (Wildman–Crippen MR) is 67.3 cm³/mol. The van der Waals surface area contributed by atoms with Crippen LogP contribution in [0.3, 0.4) is 0 Å². The molecule has 0 unspecified atom stereocenters. The Kier molecular flexibility index (Phi) is 2.69. The van der Waals surface area contributed by atoms with Crippen LogP contribution < -0.4 is 5.73 Å². The van der Waals surface area contributed by atoms with Crippen molar-refractivity contribution in [2.45, 2.75) is 27.2 Å². The Bertz CT molecular complexity index is 492. The number of benzene rings is 1. The van der Waals surface area contributed by atoms with Gasteiger partial charge in [-0.05, 0) is 31.9 Å². The van der Waals surface area contributed by atoms with Gasteiger partial charge in [-0.3, -0.25) is 0 Å². The van der Waals surface area contributed by atoms with Gasteiger partial charge in [0.05, 0.1) is 5.69 Å². The topological polar surface area (TPSA) is 54.7 Å². The van der Waals surface area contributed by atoms with E-state index in [4.69, 9.17) is 5.73 Å². The van der Waals surface area contributed by atoms with Crippen molar-refractivity contribution in [3.05, 3.63) is 35.2 Å². The number of nitrogens with one attached hydrogen (secondary N) is 1. The summed E-state index contributed by atoms with van der Waals surface area (Å²) in [5.74, 6) is 0.880. The molecule has 2 rings (SSSR count). The van der Waals surface area contributed by atoms with Crippen molar-refractivity contribution in [2.24, 2.45) is 0 Å². The van der Waals surface area contributed by atoms with Crippen molar-refractivity contribution in [1.82, 2.24) is 9.97 Å². The molecular weight excluding hydrogens is 198 g/mol. The highest BCUT2D eigenvalue weighted by Crippen LogP contribution is 2.27. The zero-order chi connectivity index (χ0) is 11.7. The van der Waals surface area contributed by atoms with E-state index in [1.165, 1.54) is 0 Å². The lowest BCUT2D eigenvalue weighted by Gasteiger charge is -2.05. The SMILES string of the molecule is CCc1nc(-c2c(C)cccc2N)[nH]c1C. The van der Waals surface area contributed by atoms with Gasteiger partial charge in [-0.15, -0.1) is 0 Å². The van der Waals surface area contributed by atoms with E-state index in [-0.39, 0.29) is 0 Å². The normalized spacial score (nSPS) is 10.7. The van der Waals surface area contributed by atoms with Crippen LogP contribution in [-0.4, -0.2) is 9.97 Å². The summed E-state index contributed by atoms with van der Waals surface area (Å²) in [6.45, 7) is 6.20. The fourth-order valence-corrected chi connectivity index (χ4v) is 1.97. The molecule has 3 heteroatoms. The number of aryl methyl sites for hydroxylation is 3. The summed E-state index contributed by atoms with van der Waals surface area (Å²) >= 11 is 0. The number of nitrogen functional groups attached to an aromatic ring is 1. The molecule has 3 N–H and O–H groups in total. The summed E-state index contributed by atoms with van der Waals surface area (Å²) in [6.07, 6.45) is 0.939. The predicted octanol–water partition coefficient (Wildman–Crippen LogP) is 2.84. The van der Waals surface area contributed by atoms with E-state index in [0.717, 1.165) is 40.4 Å². The van der Waals surface area contributed by atoms with Gasteiger partial charge in [0.25, 0.3) is 0 Å². The van der Waals surface area contributed by atoms with Crippen LogP contribution in [0.25, 0.3) is 11.4 Å². The summed E-state index contributed by atoms with van der Waals surface area (Å²) < 4.78 is 0. The molecule has 16 heavy (non-hydrogen) atoms. The van der Waals surface area contributed by atoms with Gasteiger partial charge >= 0.3 is 0 Å². The number of H-pyrrole nitrogens is 1. The van der Waals surface area contributed by atoms with Crippen LogP contribution in [0.1, 0.15) is 23.9 Å². The second-order valence-corrected chi connectivity index (χ2v) is 4.05. The maximum Gasteiger partial charge on any atom is 0.140 e. The zero-order valence-corrected chi connectivity index (χ0v) is 9.96. The molecule has 0 aliphatic heterocycles. The highest BCUT2D eigenvalue weighted by atomic mass is 14.9. The summed E-state index contributed by atoms with van der Waals surface area (Å²) in [5, 5.41) is 0. The Labute approximate surface area is 95.7 Å². The number of hydrogen-bond donors (Lipinski definition) is 2. The monoisotopic (exact) mass is 215 g/mol. The molecule has 3 nitrogen and oxygen atoms in total. The Morgan fingerprint density at radius 2 is 2.06 bits per heavy atom. The van der Waals surface area contributed by atoms with Crippen molar-refractivity contribution in [1.29, 1.82) is 0 Å². The molecular formula is C13H17N3. The number of imidazole rings is 1. The van der Waals surface area contributed by atoms with E-state index >= 15 is 0 Å². The quantitative estimate of drug-likeness (QED) is 0.757. The molecule has 1 aromatic carbocycles. The first-order valence-electron chi connectivity index (χ1n) is 5.54. The van der Waals surface area contributed by atoms with Crippen LogP contribution in [0.15, 0.2) is 18.2 Å². The Morgan fingerprint density at radius 3 is 2.62 bits per heavy atom. The average Bonchev–Trinajstić information content (AvgIpc) is 2.59. The molecule has 84 valence electrons. The molecule has 1 aromatic heterocycles. The fourth-order valence-electron chi connectivity index (χ4n) is 1.97. The standard InChI is InChI=1S/C13H17N3/c1-4-11-9(3)15-13(16-11)12-8(2)6-5-7-10(12)14/h5-7H,4,14H2,1-3H3,(H,15,16). The van der Waals surface area contributed by atoms with Gasteiger partial charge in [0.2, 0.25) is 0 Å². The zero-order valence-electron chi connectivity index (χ0n) is 9.96. The van der Waals surface area contributed by atoms with E-state index in [2.05, 4.69) is 29.9 Å². The minimum absolute atomic E-state index is 0.774. The summed E-state index contributed by atoms with van der Waals surface area (Å²) in [5.41, 5.74) is 11.2. The van der Waals surface area contributed by atoms with Crippen LogP contribution in [-0.2, 0) is 6.42 Å². The van der Waals surface area contributed by atoms with Crippen LogP contribution in [0.5, 0.6) is 0 Å². The lowest BCUT2D eigenvalue weighted by atomic mass is 10.1. The second kappa shape index (κ2) is 4.00. The van der Waals surface area contributed by atoms with Gasteiger partial charge < -0.3 is 10.7 Å².